The van der Waals surface area contributed by atoms with Crippen molar-refractivity contribution in [3.05, 3.63) is 33.8 Å². The number of amides is 1. The van der Waals surface area contributed by atoms with Crippen LogP contribution in [0.5, 0.6) is 0 Å². The van der Waals surface area contributed by atoms with Crippen LogP contribution in [0.3, 0.4) is 0 Å². The third-order valence-electron chi connectivity index (χ3n) is 4.83. The second-order valence-electron chi connectivity index (χ2n) is 6.41. The Bertz CT molecular complexity index is 975. The van der Waals surface area contributed by atoms with Gasteiger partial charge in [-0.2, -0.15) is 0 Å². The lowest BCUT2D eigenvalue weighted by Crippen LogP contribution is -2.33. The molecule has 2 aliphatic rings. The molecule has 1 aromatic heterocycles. The van der Waals surface area contributed by atoms with Gasteiger partial charge in [0.15, 0.2) is 0 Å². The Balaban J connectivity index is 2.25. The largest absolute Gasteiger partial charge is 0.470 e. The quantitative estimate of drug-likeness (QED) is 0.390. The summed E-state index contributed by atoms with van der Waals surface area (Å²) in [6.07, 6.45) is -2.34. The zero-order chi connectivity index (χ0) is 21.0. The highest BCUT2D eigenvalue weighted by Gasteiger charge is 2.46. The molecule has 0 unspecified atom stereocenters. The van der Waals surface area contributed by atoms with Crippen molar-refractivity contribution in [2.75, 3.05) is 7.05 Å². The summed E-state index contributed by atoms with van der Waals surface area (Å²) in [5.74, 6) is -1.15. The van der Waals surface area contributed by atoms with E-state index in [2.05, 4.69) is 5.32 Å². The zero-order valence-corrected chi connectivity index (χ0v) is 15.9. The summed E-state index contributed by atoms with van der Waals surface area (Å²) in [4.78, 5) is 55.3. The molecule has 1 aliphatic carbocycles. The smallest absolute Gasteiger partial charge is 0.445 e. The second kappa shape index (κ2) is 6.83. The Morgan fingerprint density at radius 3 is 2.54 bits per heavy atom. The first-order chi connectivity index (χ1) is 13.0. The van der Waals surface area contributed by atoms with Crippen molar-refractivity contribution in [2.45, 2.75) is 32.2 Å². The molecule has 1 aromatic rings. The van der Waals surface area contributed by atoms with Gasteiger partial charge in [0, 0.05) is 17.7 Å². The molecule has 0 bridgehead atoms. The van der Waals surface area contributed by atoms with Crippen molar-refractivity contribution in [1.82, 2.24) is 9.88 Å². The van der Waals surface area contributed by atoms with E-state index in [-0.39, 0.29) is 40.3 Å². The minimum absolute atomic E-state index is 0.00633. The van der Waals surface area contributed by atoms with Crippen LogP contribution < -0.4 is 16.8 Å². The SMILES string of the molecule is CN[C@H]1Cn2c3c(c(COC(N)=O)c2[C@@H]1OP(=O)(O)O)C(=O)C(N)=C(C)C3=O. The number of nitrogens with two attached hydrogens (primary N) is 2. The van der Waals surface area contributed by atoms with Crippen LogP contribution in [0.1, 0.15) is 45.1 Å². The normalized spacial score (nSPS) is 21.7. The van der Waals surface area contributed by atoms with Crippen LogP contribution >= 0.6 is 7.82 Å². The number of nitrogens with zero attached hydrogens (tertiary/aromatic N) is 1. The van der Waals surface area contributed by atoms with Gasteiger partial charge in [0.05, 0.1) is 23.0 Å². The van der Waals surface area contributed by atoms with E-state index in [0.29, 0.717) is 0 Å². The maximum Gasteiger partial charge on any atom is 0.470 e. The van der Waals surface area contributed by atoms with E-state index in [1.54, 1.807) is 7.05 Å². The maximum absolute atomic E-state index is 12.8. The fourth-order valence-corrected chi connectivity index (χ4v) is 4.12. The molecule has 1 amide bonds. The molecule has 2 atom stereocenters. The summed E-state index contributed by atoms with van der Waals surface area (Å²) >= 11 is 0. The van der Waals surface area contributed by atoms with Crippen molar-refractivity contribution in [3.8, 4) is 0 Å². The van der Waals surface area contributed by atoms with Crippen molar-refractivity contribution in [1.29, 1.82) is 0 Å². The first-order valence-electron chi connectivity index (χ1n) is 8.12. The molecule has 7 N–H and O–H groups in total. The number of carbonyl (C=O) groups excluding carboxylic acids is 3. The second-order valence-corrected chi connectivity index (χ2v) is 7.61. The molecule has 152 valence electrons. The monoisotopic (exact) mass is 414 g/mol. The van der Waals surface area contributed by atoms with E-state index >= 15 is 0 Å². The zero-order valence-electron chi connectivity index (χ0n) is 15.0. The summed E-state index contributed by atoms with van der Waals surface area (Å²) in [5.41, 5.74) is 10.7. The van der Waals surface area contributed by atoms with E-state index in [1.807, 2.05) is 0 Å². The van der Waals surface area contributed by atoms with Crippen LogP contribution in [-0.2, 0) is 27.0 Å². The van der Waals surface area contributed by atoms with Crippen LogP contribution in [0.2, 0.25) is 0 Å². The van der Waals surface area contributed by atoms with Gasteiger partial charge >= 0.3 is 13.9 Å². The Morgan fingerprint density at radius 2 is 2.00 bits per heavy atom. The van der Waals surface area contributed by atoms with E-state index in [9.17, 15) is 28.7 Å². The van der Waals surface area contributed by atoms with Crippen molar-refractivity contribution in [2.24, 2.45) is 11.5 Å². The minimum Gasteiger partial charge on any atom is -0.445 e. The highest BCUT2D eigenvalue weighted by Crippen LogP contribution is 2.49. The number of hydrogen-bond acceptors (Lipinski definition) is 8. The molecule has 0 aromatic carbocycles. The molecular formula is C15H19N4O8P. The first-order valence-corrected chi connectivity index (χ1v) is 9.65. The summed E-state index contributed by atoms with van der Waals surface area (Å²) < 4.78 is 22.6. The Morgan fingerprint density at radius 1 is 1.36 bits per heavy atom. The number of likely N-dealkylation sites (N-methyl/N-ethyl adjacent to an activating group) is 1. The first kappa shape index (κ1) is 20.2. The van der Waals surface area contributed by atoms with E-state index in [1.165, 1.54) is 11.5 Å². The number of primary amides is 1. The molecule has 1 aliphatic heterocycles. The summed E-state index contributed by atoms with van der Waals surface area (Å²) in [7, 11) is -3.38. The molecule has 12 nitrogen and oxygen atoms in total. The van der Waals surface area contributed by atoms with Gasteiger partial charge < -0.3 is 35.9 Å². The number of phosphoric acid groups is 1. The number of ketones is 2. The number of Topliss-reactive ketones (excluding diaryl/α,β-unsaturated/α-hetero) is 2. The maximum atomic E-state index is 12.8. The van der Waals surface area contributed by atoms with Gasteiger partial charge in [0.2, 0.25) is 11.6 Å². The lowest BCUT2D eigenvalue weighted by atomic mass is 9.89. The lowest BCUT2D eigenvalue weighted by molar-refractivity contribution is 0.0962. The van der Waals surface area contributed by atoms with Crippen LogP contribution in [0.25, 0.3) is 0 Å². The van der Waals surface area contributed by atoms with Crippen LogP contribution in [-0.4, -0.2) is 45.1 Å². The number of phosphoric ester groups is 1. The summed E-state index contributed by atoms with van der Waals surface area (Å²) in [6, 6.07) is -0.619. The number of ether oxygens (including phenoxy) is 1. The van der Waals surface area contributed by atoms with Crippen molar-refractivity contribution < 1.29 is 38.0 Å². The van der Waals surface area contributed by atoms with Gasteiger partial charge in [0.25, 0.3) is 0 Å². The molecule has 13 heteroatoms. The number of rotatable bonds is 5. The Labute approximate surface area is 158 Å². The van der Waals surface area contributed by atoms with Gasteiger partial charge in [-0.05, 0) is 14.0 Å². The number of hydrogen-bond donors (Lipinski definition) is 5. The van der Waals surface area contributed by atoms with Gasteiger partial charge in [-0.25, -0.2) is 9.36 Å². The molecule has 28 heavy (non-hydrogen) atoms. The number of carbonyl (C=O) groups is 3. The third-order valence-corrected chi connectivity index (χ3v) is 5.34. The van der Waals surface area contributed by atoms with Crippen molar-refractivity contribution >= 4 is 25.5 Å². The predicted molar refractivity (Wildman–Crippen MR) is 93.1 cm³/mol. The van der Waals surface area contributed by atoms with Crippen LogP contribution in [0.4, 0.5) is 4.79 Å². The van der Waals surface area contributed by atoms with Gasteiger partial charge in [-0.3, -0.25) is 14.1 Å². The molecule has 3 rings (SSSR count). The molecule has 0 saturated heterocycles. The molecular weight excluding hydrogens is 395 g/mol. The summed E-state index contributed by atoms with van der Waals surface area (Å²) in [5, 5.41) is 2.86. The minimum atomic E-state index is -4.93. The average molecular weight is 414 g/mol. The highest BCUT2D eigenvalue weighted by molar-refractivity contribution is 7.46. The molecule has 0 radical (unpaired) electrons. The fraction of sp³-hybridized carbons (Fsp3) is 0.400. The topological polar surface area (TPSA) is 196 Å². The summed E-state index contributed by atoms with van der Waals surface area (Å²) in [6.45, 7) is 0.997. The number of allylic oxidation sites excluding steroid dienone is 2. The van der Waals surface area contributed by atoms with Gasteiger partial charge in [0.1, 0.15) is 18.4 Å². The van der Waals surface area contributed by atoms with Gasteiger partial charge in [-0.1, -0.05) is 0 Å². The predicted octanol–water partition coefficient (Wildman–Crippen LogP) is -0.553. The van der Waals surface area contributed by atoms with E-state index in [0.717, 1.165) is 0 Å². The number of aromatic nitrogens is 1. The Hall–Kier alpha value is -2.50. The van der Waals surface area contributed by atoms with E-state index in [4.69, 9.17) is 20.7 Å². The Kier molecular flexibility index (Phi) is 4.94. The molecule has 2 heterocycles. The highest BCUT2D eigenvalue weighted by atomic mass is 31.2. The van der Waals surface area contributed by atoms with Crippen molar-refractivity contribution in [3.63, 3.8) is 0 Å². The fourth-order valence-electron chi connectivity index (χ4n) is 3.58. The number of nitrogens with one attached hydrogen (secondary N) is 1. The molecule has 0 fully saturated rings. The third kappa shape index (κ3) is 3.15. The van der Waals surface area contributed by atoms with Crippen LogP contribution in [0, 0.1) is 0 Å². The van der Waals surface area contributed by atoms with Crippen LogP contribution in [0.15, 0.2) is 11.3 Å². The lowest BCUT2D eigenvalue weighted by Gasteiger charge is -2.22. The molecule has 0 spiro atoms. The standard InChI is InChI=1S/C15H19N4O8P/c1-5-9(16)13(21)8-6(4-26-15(17)22)10-14(27-28(23,24)25)7(18-2)3-19(10)11(8)12(5)20/h7,14,18H,3-4,16H2,1-2H3,(H2,17,22)(H2,23,24,25)/t7-,14+/m0/s1. The molecule has 0 saturated carbocycles. The van der Waals surface area contributed by atoms with E-state index < -0.39 is 44.2 Å². The average Bonchev–Trinajstić information content (AvgIpc) is 3.09. The van der Waals surface area contributed by atoms with Gasteiger partial charge in [-0.15, -0.1) is 0 Å². The number of fused-ring (bicyclic) bond motifs is 3.